The van der Waals surface area contributed by atoms with Crippen molar-refractivity contribution in [2.24, 2.45) is 0 Å². The first kappa shape index (κ1) is 12.9. The molecule has 0 aromatic heterocycles. The van der Waals surface area contributed by atoms with Crippen LogP contribution in [0.3, 0.4) is 0 Å². The first-order valence-electron chi connectivity index (χ1n) is 5.06. The zero-order valence-corrected chi connectivity index (χ0v) is 9.80. The predicted molar refractivity (Wildman–Crippen MR) is 59.2 cm³/mol. The van der Waals surface area contributed by atoms with Crippen molar-refractivity contribution in [3.8, 4) is 0 Å². The van der Waals surface area contributed by atoms with Gasteiger partial charge in [0.1, 0.15) is 0 Å². The Labute approximate surface area is 83.1 Å². The fraction of sp³-hybridized carbons (Fsp3) is 1.00. The lowest BCUT2D eigenvalue weighted by Gasteiger charge is -2.20. The highest BCUT2D eigenvalue weighted by molar-refractivity contribution is 4.62. The summed E-state index contributed by atoms with van der Waals surface area (Å²) in [6.45, 7) is 5.61. The molecule has 80 valence electrons. The topological polar surface area (TPSA) is 18.5 Å². The Morgan fingerprint density at radius 3 is 2.23 bits per heavy atom. The molecular weight excluding hydrogens is 162 g/mol. The van der Waals surface area contributed by atoms with Crippen molar-refractivity contribution >= 4 is 0 Å². The molecule has 3 nitrogen and oxygen atoms in total. The van der Waals surface area contributed by atoms with Crippen molar-refractivity contribution in [2.75, 3.05) is 47.8 Å². The van der Waals surface area contributed by atoms with Crippen LogP contribution in [-0.4, -0.2) is 63.7 Å². The Bertz CT molecular complexity index is 113. The van der Waals surface area contributed by atoms with Crippen LogP contribution in [0, 0.1) is 0 Å². The van der Waals surface area contributed by atoms with E-state index in [9.17, 15) is 0 Å². The molecule has 3 heteroatoms. The summed E-state index contributed by atoms with van der Waals surface area (Å²) in [6, 6.07) is 0.624. The van der Waals surface area contributed by atoms with Gasteiger partial charge in [-0.25, -0.2) is 0 Å². The average molecular weight is 187 g/mol. The van der Waals surface area contributed by atoms with Gasteiger partial charge in [0.05, 0.1) is 0 Å². The van der Waals surface area contributed by atoms with E-state index in [0.29, 0.717) is 6.04 Å². The third-order valence-corrected chi connectivity index (χ3v) is 2.28. The fourth-order valence-electron chi connectivity index (χ4n) is 1.01. The van der Waals surface area contributed by atoms with E-state index in [2.05, 4.69) is 50.2 Å². The number of likely N-dealkylation sites (N-methyl/N-ethyl adjacent to an activating group) is 1. The Kier molecular flexibility index (Phi) is 7.23. The normalized spacial score (nSPS) is 14.1. The van der Waals surface area contributed by atoms with Crippen LogP contribution in [0.5, 0.6) is 0 Å². The summed E-state index contributed by atoms with van der Waals surface area (Å²) in [6.07, 6.45) is 1.23. The summed E-state index contributed by atoms with van der Waals surface area (Å²) in [7, 11) is 8.46. The van der Waals surface area contributed by atoms with Gasteiger partial charge in [-0.15, -0.1) is 0 Å². The Morgan fingerprint density at radius 1 is 1.15 bits per heavy atom. The minimum atomic E-state index is 0.624. The smallest absolute Gasteiger partial charge is 0.0186 e. The van der Waals surface area contributed by atoms with Gasteiger partial charge in [0.25, 0.3) is 0 Å². The average Bonchev–Trinajstić information content (AvgIpc) is 2.02. The Hall–Kier alpha value is -0.120. The lowest BCUT2D eigenvalue weighted by atomic mass is 10.3. The monoisotopic (exact) mass is 187 g/mol. The molecule has 1 N–H and O–H groups in total. The molecule has 1 atom stereocenters. The maximum atomic E-state index is 3.45. The summed E-state index contributed by atoms with van der Waals surface area (Å²) in [5, 5.41) is 3.45. The summed E-state index contributed by atoms with van der Waals surface area (Å²) < 4.78 is 0. The molecule has 0 saturated carbocycles. The molecule has 0 amide bonds. The van der Waals surface area contributed by atoms with Crippen LogP contribution in [0.2, 0.25) is 0 Å². The van der Waals surface area contributed by atoms with E-state index in [0.717, 1.165) is 13.1 Å². The van der Waals surface area contributed by atoms with Gasteiger partial charge >= 0.3 is 0 Å². The van der Waals surface area contributed by atoms with E-state index < -0.39 is 0 Å². The van der Waals surface area contributed by atoms with Crippen molar-refractivity contribution in [3.63, 3.8) is 0 Å². The van der Waals surface area contributed by atoms with Gasteiger partial charge in [-0.3, -0.25) is 0 Å². The Balaban J connectivity index is 3.16. The van der Waals surface area contributed by atoms with Crippen LogP contribution in [0.25, 0.3) is 0 Å². The van der Waals surface area contributed by atoms with E-state index in [4.69, 9.17) is 0 Å². The summed E-state index contributed by atoms with van der Waals surface area (Å²) in [4.78, 5) is 4.45. The van der Waals surface area contributed by atoms with Crippen molar-refractivity contribution in [1.29, 1.82) is 0 Å². The van der Waals surface area contributed by atoms with E-state index in [-0.39, 0.29) is 0 Å². The van der Waals surface area contributed by atoms with Crippen LogP contribution in [-0.2, 0) is 0 Å². The minimum Gasteiger partial charge on any atom is -0.315 e. The molecule has 0 radical (unpaired) electrons. The van der Waals surface area contributed by atoms with Gasteiger partial charge in [0, 0.05) is 12.6 Å². The van der Waals surface area contributed by atoms with Crippen molar-refractivity contribution in [3.05, 3.63) is 0 Å². The highest BCUT2D eigenvalue weighted by Gasteiger charge is 2.02. The number of rotatable bonds is 7. The molecule has 0 bridgehead atoms. The van der Waals surface area contributed by atoms with Gasteiger partial charge in [-0.1, -0.05) is 0 Å². The van der Waals surface area contributed by atoms with Crippen molar-refractivity contribution < 1.29 is 0 Å². The van der Waals surface area contributed by atoms with Crippen LogP contribution < -0.4 is 5.32 Å². The molecule has 0 fully saturated rings. The molecule has 0 aromatic carbocycles. The quantitative estimate of drug-likeness (QED) is 0.585. The number of nitrogens with one attached hydrogen (secondary N) is 1. The molecule has 0 aliphatic carbocycles. The molecular formula is C10H25N3. The first-order chi connectivity index (χ1) is 6.04. The molecule has 1 unspecified atom stereocenters. The van der Waals surface area contributed by atoms with Gasteiger partial charge < -0.3 is 15.1 Å². The standard InChI is InChI=1S/C10H25N3/c1-10(13(4)5)9-11-7-6-8-12(2)3/h10-11H,6-9H2,1-5H3. The number of nitrogens with zero attached hydrogens (tertiary/aromatic N) is 2. The summed E-state index contributed by atoms with van der Waals surface area (Å²) in [5.41, 5.74) is 0. The fourth-order valence-corrected chi connectivity index (χ4v) is 1.01. The molecule has 0 saturated heterocycles. The zero-order valence-electron chi connectivity index (χ0n) is 9.80. The lowest BCUT2D eigenvalue weighted by molar-refractivity contribution is 0.300. The maximum Gasteiger partial charge on any atom is 0.0186 e. The minimum absolute atomic E-state index is 0.624. The SMILES string of the molecule is CC(CNCCCN(C)C)N(C)C. The van der Waals surface area contributed by atoms with E-state index in [1.165, 1.54) is 13.0 Å². The molecule has 0 aromatic rings. The van der Waals surface area contributed by atoms with Gasteiger partial charge in [0.15, 0.2) is 0 Å². The molecule has 0 aliphatic heterocycles. The van der Waals surface area contributed by atoms with Crippen LogP contribution in [0.1, 0.15) is 13.3 Å². The summed E-state index contributed by atoms with van der Waals surface area (Å²) >= 11 is 0. The largest absolute Gasteiger partial charge is 0.315 e. The van der Waals surface area contributed by atoms with Gasteiger partial charge in [0.2, 0.25) is 0 Å². The summed E-state index contributed by atoms with van der Waals surface area (Å²) in [5.74, 6) is 0. The molecule has 13 heavy (non-hydrogen) atoms. The molecule has 0 rings (SSSR count). The molecule has 0 aliphatic rings. The number of hydrogen-bond acceptors (Lipinski definition) is 3. The number of hydrogen-bond donors (Lipinski definition) is 1. The Morgan fingerprint density at radius 2 is 1.77 bits per heavy atom. The van der Waals surface area contributed by atoms with Gasteiger partial charge in [-0.2, -0.15) is 0 Å². The third-order valence-electron chi connectivity index (χ3n) is 2.28. The second-order valence-corrected chi connectivity index (χ2v) is 4.17. The van der Waals surface area contributed by atoms with E-state index in [1.54, 1.807) is 0 Å². The zero-order chi connectivity index (χ0) is 10.3. The van der Waals surface area contributed by atoms with Crippen molar-refractivity contribution in [1.82, 2.24) is 15.1 Å². The highest BCUT2D eigenvalue weighted by atomic mass is 15.1. The maximum absolute atomic E-state index is 3.45. The lowest BCUT2D eigenvalue weighted by Crippen LogP contribution is -2.36. The van der Waals surface area contributed by atoms with Crippen LogP contribution in [0.4, 0.5) is 0 Å². The van der Waals surface area contributed by atoms with Gasteiger partial charge in [-0.05, 0) is 54.6 Å². The second-order valence-electron chi connectivity index (χ2n) is 4.17. The highest BCUT2D eigenvalue weighted by Crippen LogP contribution is 1.88. The first-order valence-corrected chi connectivity index (χ1v) is 5.06. The van der Waals surface area contributed by atoms with Crippen LogP contribution >= 0.6 is 0 Å². The van der Waals surface area contributed by atoms with Crippen molar-refractivity contribution in [2.45, 2.75) is 19.4 Å². The van der Waals surface area contributed by atoms with E-state index >= 15 is 0 Å². The van der Waals surface area contributed by atoms with Crippen LogP contribution in [0.15, 0.2) is 0 Å². The third kappa shape index (κ3) is 8.22. The molecule has 0 spiro atoms. The second kappa shape index (κ2) is 7.30. The predicted octanol–water partition coefficient (Wildman–Crippen LogP) is 0.478. The van der Waals surface area contributed by atoms with E-state index in [1.807, 2.05) is 0 Å². The molecule has 0 heterocycles.